The lowest BCUT2D eigenvalue weighted by atomic mass is 9.96. The summed E-state index contributed by atoms with van der Waals surface area (Å²) >= 11 is 1.61. The molecule has 1 aliphatic rings. The maximum absolute atomic E-state index is 14.1. The Bertz CT molecular complexity index is 2200. The lowest BCUT2D eigenvalue weighted by Gasteiger charge is -2.41. The first-order chi connectivity index (χ1) is 27.4. The van der Waals surface area contributed by atoms with Crippen LogP contribution in [0.2, 0.25) is 0 Å². The molecule has 2 N–H and O–H groups in total. The molecule has 1 aliphatic heterocycles. The van der Waals surface area contributed by atoms with Gasteiger partial charge in [-0.2, -0.15) is 0 Å². The first-order valence-electron chi connectivity index (χ1n) is 18.4. The van der Waals surface area contributed by atoms with Gasteiger partial charge in [-0.25, -0.2) is 21.9 Å². The zero-order valence-electron chi connectivity index (χ0n) is 31.6. The van der Waals surface area contributed by atoms with Gasteiger partial charge >= 0.3 is 5.69 Å². The van der Waals surface area contributed by atoms with Crippen molar-refractivity contribution in [3.8, 4) is 0 Å². The highest BCUT2D eigenvalue weighted by Gasteiger charge is 2.37. The van der Waals surface area contributed by atoms with E-state index in [1.807, 2.05) is 49.3 Å². The van der Waals surface area contributed by atoms with Crippen LogP contribution in [0, 0.1) is 21.7 Å². The molecule has 0 bridgehead atoms. The van der Waals surface area contributed by atoms with Crippen molar-refractivity contribution < 1.29 is 26.9 Å². The molecule has 57 heavy (non-hydrogen) atoms. The first-order valence-corrected chi connectivity index (χ1v) is 20.9. The number of halogens is 2. The maximum atomic E-state index is 14.1. The van der Waals surface area contributed by atoms with Crippen molar-refractivity contribution in [2.24, 2.45) is 0 Å². The molecule has 1 atom stereocenters. The predicted octanol–water partition coefficient (Wildman–Crippen LogP) is 7.43. The lowest BCUT2D eigenvalue weighted by molar-refractivity contribution is -0.383. The highest BCUT2D eigenvalue weighted by molar-refractivity contribution is 7.99. The molecule has 1 fully saturated rings. The molecule has 11 nitrogen and oxygen atoms in total. The number of nitro benzene ring substituents is 1. The number of sulfonamides is 1. The summed E-state index contributed by atoms with van der Waals surface area (Å²) in [6, 6.07) is 31.8. The van der Waals surface area contributed by atoms with Gasteiger partial charge < -0.3 is 15.1 Å². The Morgan fingerprint density at radius 2 is 1.39 bits per heavy atom. The summed E-state index contributed by atoms with van der Waals surface area (Å²) in [6.07, 6.45) is 0.638. The molecule has 0 saturated carbocycles. The molecule has 15 heteroatoms. The normalized spacial score (nSPS) is 14.1. The molecule has 0 radical (unpaired) electrons. The van der Waals surface area contributed by atoms with Crippen molar-refractivity contribution in [1.82, 2.24) is 14.5 Å². The number of benzene rings is 5. The topological polar surface area (TPSA) is 128 Å². The largest absolute Gasteiger partial charge is 0.376 e. The number of thioether (sulfide) groups is 1. The molecule has 298 valence electrons. The summed E-state index contributed by atoms with van der Waals surface area (Å²) in [7, 11) is -0.757. The lowest BCUT2D eigenvalue weighted by Crippen LogP contribution is -2.48. The second kappa shape index (κ2) is 18.7. The van der Waals surface area contributed by atoms with Gasteiger partial charge in [0.25, 0.3) is 15.9 Å². The molecule has 1 saturated heterocycles. The van der Waals surface area contributed by atoms with E-state index in [4.69, 9.17) is 0 Å². The number of anilines is 2. The Hall–Kier alpha value is -5.35. The zero-order chi connectivity index (χ0) is 40.5. The molecule has 6 rings (SSSR count). The highest BCUT2D eigenvalue weighted by Crippen LogP contribution is 2.43. The van der Waals surface area contributed by atoms with Crippen LogP contribution in [0.15, 0.2) is 131 Å². The average molecular weight is 815 g/mol. The third-order valence-corrected chi connectivity index (χ3v) is 12.2. The summed E-state index contributed by atoms with van der Waals surface area (Å²) in [4.78, 5) is 32.2. The van der Waals surface area contributed by atoms with E-state index >= 15 is 0 Å². The smallest absolute Gasteiger partial charge is 0.316 e. The van der Waals surface area contributed by atoms with Crippen LogP contribution >= 0.6 is 11.8 Å². The fourth-order valence-corrected chi connectivity index (χ4v) is 9.06. The van der Waals surface area contributed by atoms with Gasteiger partial charge in [0.05, 0.1) is 11.0 Å². The van der Waals surface area contributed by atoms with Gasteiger partial charge in [-0.15, -0.1) is 11.8 Å². The van der Waals surface area contributed by atoms with E-state index in [2.05, 4.69) is 14.9 Å². The van der Waals surface area contributed by atoms with Crippen LogP contribution in [0.1, 0.15) is 33.9 Å². The number of hydrogen-bond acceptors (Lipinski definition) is 10. The molecular weight excluding hydrogens is 771 g/mol. The van der Waals surface area contributed by atoms with E-state index in [-0.39, 0.29) is 36.1 Å². The Morgan fingerprint density at radius 3 is 1.93 bits per heavy atom. The van der Waals surface area contributed by atoms with Crippen LogP contribution in [-0.2, 0) is 10.0 Å². The number of amides is 1. The van der Waals surface area contributed by atoms with Gasteiger partial charge in [0.15, 0.2) is 0 Å². The van der Waals surface area contributed by atoms with Crippen LogP contribution in [0.4, 0.5) is 25.8 Å². The summed E-state index contributed by atoms with van der Waals surface area (Å²) in [5, 5.41) is 16.6. The van der Waals surface area contributed by atoms with Gasteiger partial charge in [0.2, 0.25) is 0 Å². The maximum Gasteiger partial charge on any atom is 0.316 e. The van der Waals surface area contributed by atoms with Crippen molar-refractivity contribution in [2.45, 2.75) is 28.3 Å². The molecule has 0 unspecified atom stereocenters. The second-order valence-electron chi connectivity index (χ2n) is 14.0. The number of piperazine rings is 1. The van der Waals surface area contributed by atoms with Gasteiger partial charge in [0, 0.05) is 48.4 Å². The van der Waals surface area contributed by atoms with Crippen LogP contribution in [0.5, 0.6) is 0 Å². The van der Waals surface area contributed by atoms with Gasteiger partial charge in [-0.1, -0.05) is 60.7 Å². The fraction of sp³-hybridized carbons (Fsp3) is 0.262. The molecule has 0 aromatic heterocycles. The van der Waals surface area contributed by atoms with E-state index in [0.29, 0.717) is 31.8 Å². The number of nitrogens with one attached hydrogen (secondary N) is 2. The number of carbonyl (C=O) groups excluding carboxylic acids is 1. The fourth-order valence-electron chi connectivity index (χ4n) is 6.86. The monoisotopic (exact) mass is 814 g/mol. The molecule has 0 spiro atoms. The Balaban J connectivity index is 1.37. The van der Waals surface area contributed by atoms with Crippen molar-refractivity contribution in [2.75, 3.05) is 62.8 Å². The first kappa shape index (κ1) is 41.3. The average Bonchev–Trinajstić information content (AvgIpc) is 3.20. The molecular formula is C42H44F2N6O5S2. The molecule has 1 heterocycles. The predicted molar refractivity (Wildman–Crippen MR) is 220 cm³/mol. The molecule has 1 amide bonds. The van der Waals surface area contributed by atoms with Crippen molar-refractivity contribution in [3.63, 3.8) is 0 Å². The molecule has 5 aromatic rings. The van der Waals surface area contributed by atoms with Gasteiger partial charge in [-0.05, 0) is 98.9 Å². The van der Waals surface area contributed by atoms with Gasteiger partial charge in [0.1, 0.15) is 27.9 Å². The number of rotatable bonds is 16. The van der Waals surface area contributed by atoms with E-state index in [1.54, 1.807) is 59.1 Å². The summed E-state index contributed by atoms with van der Waals surface area (Å²) in [5.41, 5.74) is 1.22. The Labute approximate surface area is 335 Å². The zero-order valence-corrected chi connectivity index (χ0v) is 33.2. The minimum atomic E-state index is -4.65. The molecule has 5 aromatic carbocycles. The third kappa shape index (κ3) is 10.5. The molecule has 0 aliphatic carbocycles. The number of nitrogens with zero attached hydrogens (tertiary/aromatic N) is 4. The minimum absolute atomic E-state index is 0.108. The quantitative estimate of drug-likeness (QED) is 0.0590. The second-order valence-corrected chi connectivity index (χ2v) is 16.7. The number of hydrogen-bond donors (Lipinski definition) is 2. The Kier molecular flexibility index (Phi) is 13.6. The van der Waals surface area contributed by atoms with E-state index in [1.165, 1.54) is 48.5 Å². The van der Waals surface area contributed by atoms with Crippen molar-refractivity contribution in [3.05, 3.63) is 160 Å². The van der Waals surface area contributed by atoms with E-state index in [9.17, 15) is 32.1 Å². The SMILES string of the molecule is CN(C)CC[C@H](CSc1ccccc1)Nc1ccc(S(=O)(=O)NC(=O)c2ccccc2)c(N2CCN(C(c3ccc(F)cc3)c3ccc(F)cc3)CC2)c1[N+](=O)[O-]. The van der Waals surface area contributed by atoms with Crippen LogP contribution in [0.3, 0.4) is 0 Å². The van der Waals surface area contributed by atoms with E-state index < -0.39 is 49.1 Å². The standard InChI is InChI=1S/C42H44F2N6O5S2/c1-47(2)24-23-35(29-56-36-11-7-4-8-12-36)45-37-21-22-38(57(54,55)46-42(51)32-9-5-3-6-10-32)41(40(37)50(52)53)49-27-25-48(26-28-49)39(30-13-17-33(43)18-14-30)31-15-19-34(44)20-16-31/h3-22,35,39,45H,23-29H2,1-2H3,(H,46,51)/t35-/m1/s1. The van der Waals surface area contributed by atoms with Crippen LogP contribution in [0.25, 0.3) is 0 Å². The number of nitro groups is 1. The van der Waals surface area contributed by atoms with Crippen LogP contribution in [-0.4, -0.2) is 87.7 Å². The van der Waals surface area contributed by atoms with Crippen LogP contribution < -0.4 is 14.9 Å². The van der Waals surface area contributed by atoms with Crippen molar-refractivity contribution >= 4 is 44.8 Å². The number of carbonyl (C=O) groups is 1. The summed E-state index contributed by atoms with van der Waals surface area (Å²) in [5.74, 6) is -1.11. The summed E-state index contributed by atoms with van der Waals surface area (Å²) in [6.45, 7) is 1.63. The Morgan fingerprint density at radius 1 is 0.825 bits per heavy atom. The van der Waals surface area contributed by atoms with Gasteiger partial charge in [-0.3, -0.25) is 19.8 Å². The third-order valence-electron chi connectivity index (χ3n) is 9.70. The highest BCUT2D eigenvalue weighted by atomic mass is 32.2. The van der Waals surface area contributed by atoms with E-state index in [0.717, 1.165) is 16.0 Å². The van der Waals surface area contributed by atoms with Crippen molar-refractivity contribution in [1.29, 1.82) is 0 Å². The summed E-state index contributed by atoms with van der Waals surface area (Å²) < 4.78 is 58.4. The minimum Gasteiger partial charge on any atom is -0.376 e.